The molecule has 0 radical (unpaired) electrons. The SMILES string of the molecule is C.CC(C)c1cc(Oc2c(Cl)c(F)nc(N[C@@H](Cc3ccccc3Cl)C(=O)O)c2Cl)ccc1O. The Morgan fingerprint density at radius 3 is 2.44 bits per heavy atom. The normalized spacial score (nSPS) is 11.6. The Morgan fingerprint density at radius 2 is 1.82 bits per heavy atom. The number of ether oxygens (including phenoxy) is 1. The monoisotopic (exact) mass is 528 g/mol. The zero-order valence-electron chi connectivity index (χ0n) is 17.6. The van der Waals surface area contributed by atoms with Crippen molar-refractivity contribution in [3.63, 3.8) is 0 Å². The fourth-order valence-corrected chi connectivity index (χ4v) is 3.77. The number of carbonyl (C=O) groups is 1. The van der Waals surface area contributed by atoms with Crippen LogP contribution in [-0.2, 0) is 11.2 Å². The molecule has 10 heteroatoms. The molecule has 6 nitrogen and oxygen atoms in total. The number of carboxylic acids is 1. The molecule has 34 heavy (non-hydrogen) atoms. The number of aliphatic carboxylic acids is 1. The summed E-state index contributed by atoms with van der Waals surface area (Å²) >= 11 is 18.6. The van der Waals surface area contributed by atoms with Gasteiger partial charge < -0.3 is 20.3 Å². The minimum atomic E-state index is -1.22. The number of phenolic OH excluding ortho intramolecular Hbond substituents is 1. The maximum Gasteiger partial charge on any atom is 0.326 e. The molecule has 3 rings (SSSR count). The number of rotatable bonds is 8. The van der Waals surface area contributed by atoms with Crippen molar-refractivity contribution in [2.45, 2.75) is 39.7 Å². The van der Waals surface area contributed by atoms with Crippen molar-refractivity contribution in [3.05, 3.63) is 74.6 Å². The van der Waals surface area contributed by atoms with Crippen LogP contribution in [0.5, 0.6) is 17.2 Å². The summed E-state index contributed by atoms with van der Waals surface area (Å²) in [6.45, 7) is 3.77. The second kappa shape index (κ2) is 11.6. The number of pyridine rings is 1. The van der Waals surface area contributed by atoms with E-state index in [2.05, 4.69) is 10.3 Å². The number of nitrogens with one attached hydrogen (secondary N) is 1. The summed E-state index contributed by atoms with van der Waals surface area (Å²) < 4.78 is 20.2. The van der Waals surface area contributed by atoms with Gasteiger partial charge >= 0.3 is 5.97 Å². The maximum absolute atomic E-state index is 14.5. The third-order valence-electron chi connectivity index (χ3n) is 4.83. The molecule has 0 aliphatic carbocycles. The number of nitrogens with zero attached hydrogens (tertiary/aromatic N) is 1. The molecular formula is C24H24Cl3FN2O4. The molecule has 1 heterocycles. The number of carboxylic acid groups (broad SMARTS) is 1. The molecule has 3 N–H and O–H groups in total. The van der Waals surface area contributed by atoms with E-state index in [1.165, 1.54) is 12.1 Å². The van der Waals surface area contributed by atoms with Crippen LogP contribution in [-0.4, -0.2) is 27.2 Å². The van der Waals surface area contributed by atoms with Crippen LogP contribution in [0.4, 0.5) is 10.2 Å². The van der Waals surface area contributed by atoms with E-state index in [1.54, 1.807) is 30.3 Å². The van der Waals surface area contributed by atoms with Crippen LogP contribution in [0.25, 0.3) is 0 Å². The first kappa shape index (κ1) is 27.5. The number of halogens is 4. The molecule has 182 valence electrons. The Morgan fingerprint density at radius 1 is 1.15 bits per heavy atom. The Balaban J connectivity index is 0.00000408. The maximum atomic E-state index is 14.5. The third kappa shape index (κ3) is 6.23. The molecule has 1 aromatic heterocycles. The highest BCUT2D eigenvalue weighted by Crippen LogP contribution is 2.42. The van der Waals surface area contributed by atoms with E-state index in [-0.39, 0.29) is 47.9 Å². The first-order valence-corrected chi connectivity index (χ1v) is 11.0. The highest BCUT2D eigenvalue weighted by molar-refractivity contribution is 6.38. The van der Waals surface area contributed by atoms with E-state index in [1.807, 2.05) is 13.8 Å². The molecule has 0 aliphatic rings. The highest BCUT2D eigenvalue weighted by Gasteiger charge is 2.25. The molecule has 0 unspecified atom stereocenters. The van der Waals surface area contributed by atoms with E-state index >= 15 is 0 Å². The van der Waals surface area contributed by atoms with Crippen molar-refractivity contribution in [2.75, 3.05) is 5.32 Å². The molecule has 0 amide bonds. The van der Waals surface area contributed by atoms with Gasteiger partial charge in [0.1, 0.15) is 27.6 Å². The van der Waals surface area contributed by atoms with Crippen LogP contribution in [0.15, 0.2) is 42.5 Å². The second-order valence-corrected chi connectivity index (χ2v) is 8.68. The number of aromatic hydroxyl groups is 1. The quantitative estimate of drug-likeness (QED) is 0.261. The molecule has 0 aliphatic heterocycles. The van der Waals surface area contributed by atoms with Gasteiger partial charge in [-0.2, -0.15) is 9.37 Å². The van der Waals surface area contributed by atoms with E-state index < -0.39 is 23.0 Å². The van der Waals surface area contributed by atoms with Gasteiger partial charge in [-0.3, -0.25) is 0 Å². The van der Waals surface area contributed by atoms with Crippen LogP contribution < -0.4 is 10.1 Å². The number of hydrogen-bond donors (Lipinski definition) is 3. The summed E-state index contributed by atoms with van der Waals surface area (Å²) in [5, 5.41) is 22.0. The second-order valence-electron chi connectivity index (χ2n) is 7.52. The first-order chi connectivity index (χ1) is 15.6. The summed E-state index contributed by atoms with van der Waals surface area (Å²) in [4.78, 5) is 15.5. The Kier molecular flexibility index (Phi) is 9.38. The van der Waals surface area contributed by atoms with Gasteiger partial charge in [0, 0.05) is 17.0 Å². The summed E-state index contributed by atoms with van der Waals surface area (Å²) in [5.74, 6) is -2.48. The van der Waals surface area contributed by atoms with Gasteiger partial charge in [0.15, 0.2) is 11.6 Å². The summed E-state index contributed by atoms with van der Waals surface area (Å²) in [6, 6.07) is 10.0. The lowest BCUT2D eigenvalue weighted by atomic mass is 10.0. The van der Waals surface area contributed by atoms with E-state index in [0.717, 1.165) is 0 Å². The predicted octanol–water partition coefficient (Wildman–Crippen LogP) is 7.55. The molecule has 0 fully saturated rings. The van der Waals surface area contributed by atoms with Gasteiger partial charge in [-0.05, 0) is 35.7 Å². The molecule has 0 spiro atoms. The van der Waals surface area contributed by atoms with Gasteiger partial charge in [-0.25, -0.2) is 4.79 Å². The average Bonchev–Trinajstić information content (AvgIpc) is 2.76. The number of benzene rings is 2. The standard InChI is InChI=1S/C23H20Cl3FN2O4.CH4/c1-11(2)14-10-13(7-8-17(14)30)33-20-18(25)21(27)29-22(19(20)26)28-16(23(31)32)9-12-5-3-4-6-15(12)24;/h3-8,10-11,16,30H,9H2,1-2H3,(H,28,29)(H,31,32);1H4/t16-;/m0./s1. The van der Waals surface area contributed by atoms with Gasteiger partial charge in [0.05, 0.1) is 0 Å². The van der Waals surface area contributed by atoms with Gasteiger partial charge in [0.2, 0.25) is 5.95 Å². The van der Waals surface area contributed by atoms with E-state index in [0.29, 0.717) is 16.1 Å². The molecule has 0 saturated carbocycles. The first-order valence-electron chi connectivity index (χ1n) is 9.86. The van der Waals surface area contributed by atoms with Crippen LogP contribution in [0.1, 0.15) is 38.3 Å². The highest BCUT2D eigenvalue weighted by atomic mass is 35.5. The fourth-order valence-electron chi connectivity index (χ4n) is 3.10. The average molecular weight is 530 g/mol. The molecule has 2 aromatic carbocycles. The van der Waals surface area contributed by atoms with Crippen LogP contribution in [0.2, 0.25) is 15.1 Å². The summed E-state index contributed by atoms with van der Waals surface area (Å²) in [7, 11) is 0. The van der Waals surface area contributed by atoms with E-state index in [4.69, 9.17) is 39.5 Å². The van der Waals surface area contributed by atoms with Crippen molar-refractivity contribution in [1.82, 2.24) is 4.98 Å². The summed E-state index contributed by atoms with van der Waals surface area (Å²) in [6.07, 6.45) is -0.0108. The number of hydrogen-bond acceptors (Lipinski definition) is 5. The molecule has 0 bridgehead atoms. The number of anilines is 1. The van der Waals surface area contributed by atoms with Crippen molar-refractivity contribution in [2.24, 2.45) is 0 Å². The number of aromatic nitrogens is 1. The van der Waals surface area contributed by atoms with Crippen LogP contribution in [0.3, 0.4) is 0 Å². The van der Waals surface area contributed by atoms with Crippen molar-refractivity contribution >= 4 is 46.6 Å². The van der Waals surface area contributed by atoms with Crippen molar-refractivity contribution in [3.8, 4) is 17.2 Å². The van der Waals surface area contributed by atoms with Gasteiger partial charge in [-0.15, -0.1) is 0 Å². The smallest absolute Gasteiger partial charge is 0.326 e. The fraction of sp³-hybridized carbons (Fsp3) is 0.250. The topological polar surface area (TPSA) is 91.7 Å². The molecule has 3 aromatic rings. The van der Waals surface area contributed by atoms with Crippen LogP contribution >= 0.6 is 34.8 Å². The summed E-state index contributed by atoms with van der Waals surface area (Å²) in [5.41, 5.74) is 1.18. The lowest BCUT2D eigenvalue weighted by molar-refractivity contribution is -0.137. The molecule has 0 saturated heterocycles. The van der Waals surface area contributed by atoms with E-state index in [9.17, 15) is 19.4 Å². The molecule has 1 atom stereocenters. The van der Waals surface area contributed by atoms with Gasteiger partial charge in [0.25, 0.3) is 0 Å². The Bertz CT molecular complexity index is 1190. The zero-order valence-corrected chi connectivity index (χ0v) is 19.8. The largest absolute Gasteiger partial charge is 0.508 e. The third-order valence-corrected chi connectivity index (χ3v) is 5.88. The lowest BCUT2D eigenvalue weighted by Crippen LogP contribution is -2.32. The lowest BCUT2D eigenvalue weighted by Gasteiger charge is -2.19. The zero-order chi connectivity index (χ0) is 24.3. The molecular weight excluding hydrogens is 506 g/mol. The number of phenols is 1. The predicted molar refractivity (Wildman–Crippen MR) is 133 cm³/mol. The minimum Gasteiger partial charge on any atom is -0.508 e. The van der Waals surface area contributed by atoms with Crippen molar-refractivity contribution in [1.29, 1.82) is 0 Å². The van der Waals surface area contributed by atoms with Crippen molar-refractivity contribution < 1.29 is 24.1 Å². The minimum absolute atomic E-state index is 0. The van der Waals surface area contributed by atoms with Crippen LogP contribution in [0, 0.1) is 5.95 Å². The Hall–Kier alpha value is -2.74. The van der Waals surface area contributed by atoms with Gasteiger partial charge in [-0.1, -0.05) is 74.3 Å². The Labute approximate surface area is 212 Å².